The summed E-state index contributed by atoms with van der Waals surface area (Å²) in [6.07, 6.45) is 15.1. The molecule has 0 saturated heterocycles. The topological polar surface area (TPSA) is 0 Å². The van der Waals surface area contributed by atoms with Crippen molar-refractivity contribution in [1.82, 2.24) is 0 Å². The van der Waals surface area contributed by atoms with Crippen molar-refractivity contribution in [3.63, 3.8) is 0 Å². The number of rotatable bonds is 2. The largest absolute Gasteiger partial charge is 0.148 e. The zero-order valence-corrected chi connectivity index (χ0v) is 11.2. The predicted molar refractivity (Wildman–Crippen MR) is 76.7 cm³/mol. The molecule has 0 unspecified atom stereocenters. The van der Waals surface area contributed by atoms with E-state index in [0.717, 1.165) is 17.7 Å². The molecular weight excluding hydrogens is 212 g/mol. The molecule has 0 aromatic carbocycles. The molecule has 1 aliphatic rings. The van der Waals surface area contributed by atoms with Crippen LogP contribution in [0.4, 0.5) is 0 Å². The Morgan fingerprint density at radius 2 is 2.12 bits per heavy atom. The fraction of sp³-hybridized carbons (Fsp3) is 0.333. The normalized spacial score (nSPS) is 28.5. The highest BCUT2D eigenvalue weighted by atomic mass is 32.1. The first kappa shape index (κ1) is 13.1. The predicted octanol–water partition coefficient (Wildman–Crippen LogP) is 4.99. The van der Waals surface area contributed by atoms with Gasteiger partial charge < -0.3 is 0 Å². The van der Waals surface area contributed by atoms with Crippen molar-refractivity contribution in [3.05, 3.63) is 58.1 Å². The third kappa shape index (κ3) is 3.57. The minimum atomic E-state index is 1.04. The van der Waals surface area contributed by atoms with E-state index in [1.165, 1.54) is 16.7 Å². The van der Waals surface area contributed by atoms with Gasteiger partial charge in [-0.1, -0.05) is 30.4 Å². The van der Waals surface area contributed by atoms with Gasteiger partial charge in [0.15, 0.2) is 0 Å². The van der Waals surface area contributed by atoms with Crippen LogP contribution in [0, 0.1) is 0 Å². The van der Waals surface area contributed by atoms with E-state index in [1.807, 2.05) is 6.92 Å². The fourth-order valence-electron chi connectivity index (χ4n) is 1.81. The van der Waals surface area contributed by atoms with Gasteiger partial charge in [-0.3, -0.25) is 0 Å². The van der Waals surface area contributed by atoms with Gasteiger partial charge in [-0.2, -0.15) is 0 Å². The Bertz CT molecular complexity index is 390. The highest BCUT2D eigenvalue weighted by molar-refractivity contribution is 7.84. The second-order valence-corrected chi connectivity index (χ2v) is 4.49. The molecule has 0 saturated carbocycles. The van der Waals surface area contributed by atoms with E-state index in [4.69, 9.17) is 0 Å². The maximum absolute atomic E-state index is 4.48. The average Bonchev–Trinajstić information content (AvgIpc) is 2.24. The molecule has 0 N–H and O–H groups in total. The van der Waals surface area contributed by atoms with Crippen LogP contribution < -0.4 is 0 Å². The van der Waals surface area contributed by atoms with Crippen LogP contribution >= 0.6 is 12.6 Å². The van der Waals surface area contributed by atoms with Crippen LogP contribution in [0.3, 0.4) is 0 Å². The molecule has 0 fully saturated rings. The van der Waals surface area contributed by atoms with Gasteiger partial charge in [-0.05, 0) is 61.3 Å². The van der Waals surface area contributed by atoms with E-state index in [9.17, 15) is 0 Å². The molecule has 16 heavy (non-hydrogen) atoms. The lowest BCUT2D eigenvalue weighted by Gasteiger charge is -2.10. The third-order valence-electron chi connectivity index (χ3n) is 2.63. The van der Waals surface area contributed by atoms with Gasteiger partial charge in [0.2, 0.25) is 0 Å². The zero-order chi connectivity index (χ0) is 12.0. The van der Waals surface area contributed by atoms with E-state index < -0.39 is 0 Å². The van der Waals surface area contributed by atoms with E-state index in [1.54, 1.807) is 0 Å². The van der Waals surface area contributed by atoms with E-state index in [0.29, 0.717) is 0 Å². The molecular formula is C15H20S. The molecule has 0 atom stereocenters. The van der Waals surface area contributed by atoms with Gasteiger partial charge >= 0.3 is 0 Å². The quantitative estimate of drug-likeness (QED) is 0.503. The smallest absolute Gasteiger partial charge is 0.0161 e. The molecule has 0 heterocycles. The number of hydrogen-bond acceptors (Lipinski definition) is 1. The monoisotopic (exact) mass is 232 g/mol. The van der Waals surface area contributed by atoms with Gasteiger partial charge in [0, 0.05) is 0 Å². The molecule has 0 nitrogen and oxygen atoms in total. The van der Waals surface area contributed by atoms with Crippen molar-refractivity contribution in [1.29, 1.82) is 0 Å². The molecule has 0 radical (unpaired) electrons. The third-order valence-corrected chi connectivity index (χ3v) is 2.98. The molecule has 1 aliphatic carbocycles. The van der Waals surface area contributed by atoms with Crippen LogP contribution in [0.5, 0.6) is 0 Å². The number of thiol groups is 1. The van der Waals surface area contributed by atoms with Crippen molar-refractivity contribution in [3.8, 4) is 0 Å². The Labute approximate surface area is 105 Å². The summed E-state index contributed by atoms with van der Waals surface area (Å²) in [5.41, 5.74) is 3.86. The molecule has 0 aromatic heterocycles. The summed E-state index contributed by atoms with van der Waals surface area (Å²) in [6.45, 7) is 6.27. The summed E-state index contributed by atoms with van der Waals surface area (Å²) in [4.78, 5) is 1.16. The summed E-state index contributed by atoms with van der Waals surface area (Å²) in [7, 11) is 0. The van der Waals surface area contributed by atoms with E-state index in [2.05, 4.69) is 62.9 Å². The van der Waals surface area contributed by atoms with Crippen LogP contribution in [0.25, 0.3) is 0 Å². The minimum Gasteiger partial charge on any atom is -0.148 e. The molecule has 86 valence electrons. The summed E-state index contributed by atoms with van der Waals surface area (Å²) < 4.78 is 0. The Morgan fingerprint density at radius 1 is 1.38 bits per heavy atom. The summed E-state index contributed by atoms with van der Waals surface area (Å²) in [5.74, 6) is 0. The average molecular weight is 232 g/mol. The molecule has 0 amide bonds. The highest BCUT2D eigenvalue weighted by Crippen LogP contribution is 2.24. The van der Waals surface area contributed by atoms with Gasteiger partial charge in [0.1, 0.15) is 0 Å². The Hall–Kier alpha value is -0.950. The van der Waals surface area contributed by atoms with Gasteiger partial charge in [-0.15, -0.1) is 12.6 Å². The first-order valence-electron chi connectivity index (χ1n) is 5.75. The Balaban J connectivity index is 3.20. The van der Waals surface area contributed by atoms with Crippen LogP contribution in [-0.2, 0) is 0 Å². The molecule has 0 aromatic rings. The zero-order valence-electron chi connectivity index (χ0n) is 10.3. The SMILES string of the molecule is C\C=C/C(=C\C)C1=C(C)/C=C(/S)CC/C=C\1. The first-order chi connectivity index (χ1) is 7.69. The van der Waals surface area contributed by atoms with Gasteiger partial charge in [0.25, 0.3) is 0 Å². The maximum Gasteiger partial charge on any atom is -0.0161 e. The van der Waals surface area contributed by atoms with E-state index in [-0.39, 0.29) is 0 Å². The first-order valence-corrected chi connectivity index (χ1v) is 6.20. The molecule has 1 rings (SSSR count). The summed E-state index contributed by atoms with van der Waals surface area (Å²) >= 11 is 4.48. The molecule has 0 spiro atoms. The minimum absolute atomic E-state index is 1.04. The highest BCUT2D eigenvalue weighted by Gasteiger charge is 2.04. The second kappa shape index (κ2) is 6.59. The summed E-state index contributed by atoms with van der Waals surface area (Å²) in [5, 5.41) is 0. The lowest BCUT2D eigenvalue weighted by atomic mass is 9.97. The number of allylic oxidation sites excluding steroid dienone is 10. The van der Waals surface area contributed by atoms with Gasteiger partial charge in [-0.25, -0.2) is 0 Å². The van der Waals surface area contributed by atoms with Crippen LogP contribution in [0.15, 0.2) is 58.1 Å². The second-order valence-electron chi connectivity index (χ2n) is 3.92. The standard InChI is InChI=1S/C15H20S/c1-4-8-13(5-2)15-10-7-6-9-14(16)11-12(15)3/h4-5,7-8,10-11,16H,6,9H2,1-3H3/b8-4-,10-7-,13-5+,14-11+,15-12+. The van der Waals surface area contributed by atoms with Crippen LogP contribution in [-0.4, -0.2) is 0 Å². The lowest BCUT2D eigenvalue weighted by Crippen LogP contribution is -1.91. The lowest BCUT2D eigenvalue weighted by molar-refractivity contribution is 1.03. The fourth-order valence-corrected chi connectivity index (χ4v) is 2.13. The molecule has 1 heteroatoms. The van der Waals surface area contributed by atoms with Crippen molar-refractivity contribution >= 4 is 12.6 Å². The van der Waals surface area contributed by atoms with Crippen LogP contribution in [0.2, 0.25) is 0 Å². The maximum atomic E-state index is 4.48. The van der Waals surface area contributed by atoms with Crippen molar-refractivity contribution in [2.24, 2.45) is 0 Å². The van der Waals surface area contributed by atoms with E-state index >= 15 is 0 Å². The summed E-state index contributed by atoms with van der Waals surface area (Å²) in [6, 6.07) is 0. The van der Waals surface area contributed by atoms with Crippen LogP contribution in [0.1, 0.15) is 33.6 Å². The van der Waals surface area contributed by atoms with Crippen molar-refractivity contribution in [2.75, 3.05) is 0 Å². The Morgan fingerprint density at radius 3 is 2.75 bits per heavy atom. The molecule has 0 bridgehead atoms. The van der Waals surface area contributed by atoms with Crippen molar-refractivity contribution < 1.29 is 0 Å². The Kier molecular flexibility index (Phi) is 5.41. The molecule has 0 aliphatic heterocycles. The van der Waals surface area contributed by atoms with Crippen molar-refractivity contribution in [2.45, 2.75) is 33.6 Å². The van der Waals surface area contributed by atoms with Gasteiger partial charge in [0.05, 0.1) is 0 Å². The number of hydrogen-bond donors (Lipinski definition) is 1.